The van der Waals surface area contributed by atoms with Gasteiger partial charge in [0.05, 0.1) is 16.4 Å². The topological polar surface area (TPSA) is 78.4 Å². The number of hydrogen-bond acceptors (Lipinski definition) is 3. The van der Waals surface area contributed by atoms with Crippen molar-refractivity contribution < 1.29 is 14.7 Å². The molecule has 2 amide bonds. The van der Waals surface area contributed by atoms with E-state index in [-0.39, 0.29) is 10.6 Å². The maximum atomic E-state index is 11.7. The fourth-order valence-corrected chi connectivity index (χ4v) is 2.28. The van der Waals surface area contributed by atoms with E-state index in [0.717, 1.165) is 11.3 Å². The molecule has 0 bridgehead atoms. The number of carbonyl (C=O) groups is 2. The van der Waals surface area contributed by atoms with Gasteiger partial charge in [-0.3, -0.25) is 0 Å². The molecule has 0 atom stereocenters. The minimum absolute atomic E-state index is 0.0781. The highest BCUT2D eigenvalue weighted by atomic mass is 35.5. The molecule has 1 aromatic carbocycles. The Balaban J connectivity index is 2.08. The van der Waals surface area contributed by atoms with Gasteiger partial charge in [0.25, 0.3) is 0 Å². The van der Waals surface area contributed by atoms with Gasteiger partial charge in [0.1, 0.15) is 4.88 Å². The molecule has 19 heavy (non-hydrogen) atoms. The number of aromatic carboxylic acids is 1. The lowest BCUT2D eigenvalue weighted by Crippen LogP contribution is -2.20. The first-order valence-electron chi connectivity index (χ1n) is 5.21. The Morgan fingerprint density at radius 3 is 2.47 bits per heavy atom. The van der Waals surface area contributed by atoms with E-state index < -0.39 is 12.0 Å². The molecule has 0 fully saturated rings. The highest BCUT2D eigenvalue weighted by Crippen LogP contribution is 2.24. The van der Waals surface area contributed by atoms with Crippen LogP contribution >= 0.6 is 22.9 Å². The number of hydrogen-bond donors (Lipinski definition) is 3. The molecule has 0 aliphatic heterocycles. The molecule has 7 heteroatoms. The Bertz CT molecular complexity index is 627. The summed E-state index contributed by atoms with van der Waals surface area (Å²) < 4.78 is 0. The van der Waals surface area contributed by atoms with Gasteiger partial charge in [0.15, 0.2) is 0 Å². The minimum Gasteiger partial charge on any atom is -0.477 e. The van der Waals surface area contributed by atoms with Crippen LogP contribution in [0.5, 0.6) is 0 Å². The first-order chi connectivity index (χ1) is 9.08. The number of benzene rings is 1. The average molecular weight is 297 g/mol. The van der Waals surface area contributed by atoms with Gasteiger partial charge in [-0.05, 0) is 23.6 Å². The van der Waals surface area contributed by atoms with Crippen LogP contribution in [0.3, 0.4) is 0 Å². The summed E-state index contributed by atoms with van der Waals surface area (Å²) in [7, 11) is 0. The number of carbonyl (C=O) groups excluding carboxylic acids is 1. The van der Waals surface area contributed by atoms with Crippen molar-refractivity contribution in [3.8, 4) is 0 Å². The zero-order valence-corrected chi connectivity index (χ0v) is 11.1. The molecular formula is C12H9ClN2O3S. The van der Waals surface area contributed by atoms with E-state index in [0.29, 0.717) is 10.7 Å². The highest BCUT2D eigenvalue weighted by molar-refractivity contribution is 7.12. The van der Waals surface area contributed by atoms with Gasteiger partial charge in [0.2, 0.25) is 0 Å². The number of halogens is 1. The second-order valence-electron chi connectivity index (χ2n) is 3.53. The third-order valence-electron chi connectivity index (χ3n) is 2.23. The molecule has 0 unspecified atom stereocenters. The number of carboxylic acids is 1. The summed E-state index contributed by atoms with van der Waals surface area (Å²) in [6, 6.07) is 7.74. The molecule has 98 valence electrons. The third kappa shape index (κ3) is 3.24. The number of para-hydroxylation sites is 1. The molecule has 1 aromatic heterocycles. The van der Waals surface area contributed by atoms with Crippen molar-refractivity contribution >= 4 is 46.3 Å². The van der Waals surface area contributed by atoms with Crippen LogP contribution in [0.1, 0.15) is 9.67 Å². The smallest absolute Gasteiger partial charge is 0.348 e. The number of nitrogens with one attached hydrogen (secondary N) is 2. The van der Waals surface area contributed by atoms with Gasteiger partial charge in [-0.15, -0.1) is 11.3 Å². The monoisotopic (exact) mass is 296 g/mol. The number of thiophene rings is 1. The number of amides is 2. The maximum absolute atomic E-state index is 11.7. The summed E-state index contributed by atoms with van der Waals surface area (Å²) in [4.78, 5) is 22.7. The SMILES string of the molecule is O=C(Nc1ccccc1Cl)Nc1ccsc1C(=O)O. The Hall–Kier alpha value is -2.05. The summed E-state index contributed by atoms with van der Waals surface area (Å²) >= 11 is 6.94. The highest BCUT2D eigenvalue weighted by Gasteiger charge is 2.14. The fourth-order valence-electron chi connectivity index (χ4n) is 1.41. The van der Waals surface area contributed by atoms with Crippen molar-refractivity contribution in [1.82, 2.24) is 0 Å². The van der Waals surface area contributed by atoms with Crippen LogP contribution in [0.15, 0.2) is 35.7 Å². The number of anilines is 2. The fraction of sp³-hybridized carbons (Fsp3) is 0. The molecule has 2 aromatic rings. The second kappa shape index (κ2) is 5.73. The lowest BCUT2D eigenvalue weighted by atomic mass is 10.3. The van der Waals surface area contributed by atoms with Crippen LogP contribution in [0.2, 0.25) is 5.02 Å². The predicted octanol–water partition coefficient (Wildman–Crippen LogP) is 3.74. The van der Waals surface area contributed by atoms with E-state index >= 15 is 0 Å². The van der Waals surface area contributed by atoms with Crippen molar-refractivity contribution in [3.05, 3.63) is 45.6 Å². The molecule has 0 aliphatic rings. The molecule has 0 saturated carbocycles. The summed E-state index contributed by atoms with van der Waals surface area (Å²) in [6.45, 7) is 0. The average Bonchev–Trinajstić information content (AvgIpc) is 2.80. The van der Waals surface area contributed by atoms with E-state index in [9.17, 15) is 9.59 Å². The van der Waals surface area contributed by atoms with Crippen molar-refractivity contribution in [3.63, 3.8) is 0 Å². The molecular weight excluding hydrogens is 288 g/mol. The molecule has 0 aliphatic carbocycles. The van der Waals surface area contributed by atoms with E-state index in [2.05, 4.69) is 10.6 Å². The lowest BCUT2D eigenvalue weighted by Gasteiger charge is -2.08. The van der Waals surface area contributed by atoms with E-state index in [1.165, 1.54) is 6.07 Å². The molecule has 1 heterocycles. The summed E-state index contributed by atoms with van der Waals surface area (Å²) in [5.74, 6) is -1.08. The summed E-state index contributed by atoms with van der Waals surface area (Å²) in [5, 5.41) is 15.9. The van der Waals surface area contributed by atoms with E-state index in [4.69, 9.17) is 16.7 Å². The summed E-state index contributed by atoms with van der Waals surface area (Å²) in [6.07, 6.45) is 0. The number of carboxylic acid groups (broad SMARTS) is 1. The number of urea groups is 1. The molecule has 3 N–H and O–H groups in total. The van der Waals surface area contributed by atoms with Crippen LogP contribution in [0.25, 0.3) is 0 Å². The van der Waals surface area contributed by atoms with Crippen LogP contribution in [-0.4, -0.2) is 17.1 Å². The van der Waals surface area contributed by atoms with Crippen molar-refractivity contribution in [1.29, 1.82) is 0 Å². The molecule has 5 nitrogen and oxygen atoms in total. The molecule has 2 rings (SSSR count). The van der Waals surface area contributed by atoms with Gasteiger partial charge in [-0.1, -0.05) is 23.7 Å². The standard InChI is InChI=1S/C12H9ClN2O3S/c13-7-3-1-2-4-8(7)14-12(18)15-9-5-6-19-10(9)11(16)17/h1-6H,(H,16,17)(H2,14,15,18). The van der Waals surface area contributed by atoms with Crippen LogP contribution in [-0.2, 0) is 0 Å². The van der Waals surface area contributed by atoms with Crippen LogP contribution in [0.4, 0.5) is 16.2 Å². The summed E-state index contributed by atoms with van der Waals surface area (Å²) in [5.41, 5.74) is 0.704. The van der Waals surface area contributed by atoms with Gasteiger partial charge in [-0.2, -0.15) is 0 Å². The van der Waals surface area contributed by atoms with E-state index in [1.807, 2.05) is 0 Å². The first-order valence-corrected chi connectivity index (χ1v) is 6.47. The van der Waals surface area contributed by atoms with E-state index in [1.54, 1.807) is 29.6 Å². The number of rotatable bonds is 3. The zero-order chi connectivity index (χ0) is 13.8. The zero-order valence-electron chi connectivity index (χ0n) is 9.51. The predicted molar refractivity (Wildman–Crippen MR) is 75.4 cm³/mol. The molecule has 0 saturated heterocycles. The second-order valence-corrected chi connectivity index (χ2v) is 4.85. The van der Waals surface area contributed by atoms with Gasteiger partial charge in [0, 0.05) is 0 Å². The van der Waals surface area contributed by atoms with Crippen molar-refractivity contribution in [2.75, 3.05) is 10.6 Å². The van der Waals surface area contributed by atoms with Gasteiger partial charge < -0.3 is 15.7 Å². The first kappa shape index (κ1) is 13.4. The third-order valence-corrected chi connectivity index (χ3v) is 3.46. The maximum Gasteiger partial charge on any atom is 0.348 e. The Morgan fingerprint density at radius 1 is 1.11 bits per heavy atom. The normalized spacial score (nSPS) is 9.95. The Kier molecular flexibility index (Phi) is 4.03. The Labute approximate surface area is 117 Å². The largest absolute Gasteiger partial charge is 0.477 e. The lowest BCUT2D eigenvalue weighted by molar-refractivity contribution is 0.0703. The van der Waals surface area contributed by atoms with Crippen LogP contribution in [0, 0.1) is 0 Å². The van der Waals surface area contributed by atoms with Gasteiger partial charge >= 0.3 is 12.0 Å². The Morgan fingerprint density at radius 2 is 1.79 bits per heavy atom. The quantitative estimate of drug-likeness (QED) is 0.807. The van der Waals surface area contributed by atoms with Crippen molar-refractivity contribution in [2.45, 2.75) is 0 Å². The minimum atomic E-state index is -1.08. The van der Waals surface area contributed by atoms with Crippen LogP contribution < -0.4 is 10.6 Å². The molecule has 0 radical (unpaired) electrons. The van der Waals surface area contributed by atoms with Crippen molar-refractivity contribution in [2.24, 2.45) is 0 Å². The van der Waals surface area contributed by atoms with Gasteiger partial charge in [-0.25, -0.2) is 9.59 Å². The molecule has 0 spiro atoms.